The maximum absolute atomic E-state index is 13.5. The zero-order valence-electron chi connectivity index (χ0n) is 22.4. The topological polar surface area (TPSA) is 91.4 Å². The van der Waals surface area contributed by atoms with Gasteiger partial charge in [-0.15, -0.1) is 11.8 Å². The lowest BCUT2D eigenvalue weighted by Crippen LogP contribution is -2.50. The molecule has 1 fully saturated rings. The summed E-state index contributed by atoms with van der Waals surface area (Å²) in [6.07, 6.45) is 6.47. The zero-order chi connectivity index (χ0) is 27.4. The predicted octanol–water partition coefficient (Wildman–Crippen LogP) is 5.12. The number of carbonyl (C=O) groups excluding carboxylic acids is 3. The fraction of sp³-hybridized carbons (Fsp3) is 0.355. The lowest BCUT2D eigenvalue weighted by atomic mass is 9.78. The second kappa shape index (κ2) is 9.52. The number of fused-ring (bicyclic) bond motifs is 3. The Bertz CT molecular complexity index is 1500. The first-order valence-corrected chi connectivity index (χ1v) is 14.6. The summed E-state index contributed by atoms with van der Waals surface area (Å²) in [5, 5.41) is 5.96. The number of thioether (sulfide) groups is 1. The van der Waals surface area contributed by atoms with Gasteiger partial charge < -0.3 is 15.5 Å². The Hall–Kier alpha value is -3.65. The molecule has 8 heteroatoms. The third kappa shape index (κ3) is 4.31. The lowest BCUT2D eigenvalue weighted by molar-refractivity contribution is -0.150. The molecule has 0 saturated carbocycles. The summed E-state index contributed by atoms with van der Waals surface area (Å²) < 4.78 is 0. The van der Waals surface area contributed by atoms with Gasteiger partial charge in [0.15, 0.2) is 0 Å². The predicted molar refractivity (Wildman–Crippen MR) is 153 cm³/mol. The second-order valence-corrected chi connectivity index (χ2v) is 12.3. The number of rotatable bonds is 5. The molecule has 0 bridgehead atoms. The first kappa shape index (κ1) is 25.6. The Morgan fingerprint density at radius 3 is 2.72 bits per heavy atom. The molecule has 6 rings (SSSR count). The number of amides is 3. The maximum atomic E-state index is 13.5. The van der Waals surface area contributed by atoms with E-state index in [4.69, 9.17) is 0 Å². The number of piperidine rings is 1. The van der Waals surface area contributed by atoms with Gasteiger partial charge in [-0.2, -0.15) is 0 Å². The average Bonchev–Trinajstić information content (AvgIpc) is 3.44. The largest absolute Gasteiger partial charge is 0.326 e. The molecule has 0 radical (unpaired) electrons. The Labute approximate surface area is 232 Å². The third-order valence-electron chi connectivity index (χ3n) is 8.54. The van der Waals surface area contributed by atoms with E-state index in [0.717, 1.165) is 40.0 Å². The number of likely N-dealkylation sites (tertiary alicyclic amines) is 1. The van der Waals surface area contributed by atoms with E-state index in [2.05, 4.69) is 27.8 Å². The van der Waals surface area contributed by atoms with Crippen molar-refractivity contribution in [2.24, 2.45) is 5.41 Å². The molecule has 2 aromatic carbocycles. The first-order valence-electron chi connectivity index (χ1n) is 13.3. The molecule has 2 aliphatic heterocycles. The summed E-state index contributed by atoms with van der Waals surface area (Å²) in [5.41, 5.74) is 3.67. The normalized spacial score (nSPS) is 22.9. The van der Waals surface area contributed by atoms with Crippen LogP contribution in [0.25, 0.3) is 0 Å². The van der Waals surface area contributed by atoms with Crippen molar-refractivity contribution < 1.29 is 14.4 Å². The van der Waals surface area contributed by atoms with Crippen molar-refractivity contribution in [3.8, 4) is 0 Å². The van der Waals surface area contributed by atoms with Crippen LogP contribution in [0, 0.1) is 5.41 Å². The van der Waals surface area contributed by atoms with Crippen LogP contribution < -0.4 is 10.6 Å². The van der Waals surface area contributed by atoms with Crippen LogP contribution in [-0.4, -0.2) is 40.4 Å². The van der Waals surface area contributed by atoms with E-state index >= 15 is 0 Å². The van der Waals surface area contributed by atoms with Crippen molar-refractivity contribution in [2.45, 2.75) is 55.9 Å². The Morgan fingerprint density at radius 1 is 1.10 bits per heavy atom. The van der Waals surface area contributed by atoms with E-state index in [1.807, 2.05) is 62.6 Å². The van der Waals surface area contributed by atoms with Gasteiger partial charge in [0.25, 0.3) is 0 Å². The number of benzene rings is 2. The van der Waals surface area contributed by atoms with E-state index in [1.54, 1.807) is 22.9 Å². The average molecular weight is 541 g/mol. The molecule has 3 aliphatic rings. The summed E-state index contributed by atoms with van der Waals surface area (Å²) in [7, 11) is 0. The molecule has 1 spiro atoms. The van der Waals surface area contributed by atoms with E-state index in [1.165, 1.54) is 0 Å². The van der Waals surface area contributed by atoms with Crippen molar-refractivity contribution in [1.82, 2.24) is 9.88 Å². The minimum Gasteiger partial charge on any atom is -0.326 e. The van der Waals surface area contributed by atoms with Crippen LogP contribution in [-0.2, 0) is 32.6 Å². The summed E-state index contributed by atoms with van der Waals surface area (Å²) in [5.74, 6) is 0.380. The minimum atomic E-state index is -0.655. The van der Waals surface area contributed by atoms with Gasteiger partial charge in [-0.25, -0.2) is 4.98 Å². The van der Waals surface area contributed by atoms with E-state index in [0.29, 0.717) is 24.3 Å². The molecule has 7 nitrogen and oxygen atoms in total. The molecule has 1 aromatic heterocycles. The Kier molecular flexibility index (Phi) is 6.25. The van der Waals surface area contributed by atoms with Gasteiger partial charge in [0.1, 0.15) is 12.4 Å². The maximum Gasteiger partial charge on any atom is 0.244 e. The number of nitrogens with zero attached hydrogens (tertiary/aromatic N) is 2. The number of nitrogens with one attached hydrogen (secondary N) is 2. The third-order valence-corrected chi connectivity index (χ3v) is 9.35. The molecule has 3 amide bonds. The second-order valence-electron chi connectivity index (χ2n) is 11.4. The quantitative estimate of drug-likeness (QED) is 0.439. The van der Waals surface area contributed by atoms with E-state index < -0.39 is 10.8 Å². The Balaban J connectivity index is 1.22. The highest BCUT2D eigenvalue weighted by Crippen LogP contribution is 2.47. The van der Waals surface area contributed by atoms with Gasteiger partial charge in [-0.1, -0.05) is 44.2 Å². The van der Waals surface area contributed by atoms with Gasteiger partial charge in [-0.05, 0) is 72.9 Å². The summed E-state index contributed by atoms with van der Waals surface area (Å²) >= 11 is 1.66. The molecule has 2 atom stereocenters. The van der Waals surface area contributed by atoms with Crippen LogP contribution in [0.15, 0.2) is 65.7 Å². The summed E-state index contributed by atoms with van der Waals surface area (Å²) in [4.78, 5) is 47.1. The molecule has 1 aliphatic carbocycles. The molecule has 39 heavy (non-hydrogen) atoms. The number of hydrogen-bond donors (Lipinski definition) is 2. The molecule has 200 valence electrons. The van der Waals surface area contributed by atoms with Crippen molar-refractivity contribution >= 4 is 41.0 Å². The van der Waals surface area contributed by atoms with Crippen LogP contribution in [0.4, 0.5) is 11.5 Å². The van der Waals surface area contributed by atoms with E-state index in [-0.39, 0.29) is 30.3 Å². The van der Waals surface area contributed by atoms with Crippen molar-refractivity contribution in [2.75, 3.05) is 23.4 Å². The number of pyridine rings is 1. The standard InChI is InChI=1S/C31H32N4O3S/c1-30(2)13-12-24(22-7-4-5-9-25(22)39-3)35(29(30)38)18-26(36)33-21-11-10-19-16-31(17-20(19)15-21)23-8-6-14-32-27(23)34-28(31)37/h4-11,14-15,24H,12-13,16-18H2,1-3H3,(H,33,36)(H,32,34,37)/t24-,31+/m0/s1. The fourth-order valence-electron chi connectivity index (χ4n) is 6.44. The van der Waals surface area contributed by atoms with Gasteiger partial charge in [0.05, 0.1) is 11.5 Å². The van der Waals surface area contributed by atoms with Gasteiger partial charge in [0.2, 0.25) is 17.7 Å². The van der Waals surface area contributed by atoms with Gasteiger partial charge in [-0.3, -0.25) is 14.4 Å². The summed E-state index contributed by atoms with van der Waals surface area (Å²) in [6.45, 7) is 3.90. The van der Waals surface area contributed by atoms with Gasteiger partial charge >= 0.3 is 0 Å². The SMILES string of the molecule is CSc1ccccc1[C@@H]1CCC(C)(C)C(=O)N1CC(=O)Nc1ccc2c(c1)C[C@@]1(C2)C(=O)Nc2ncccc21. The summed E-state index contributed by atoms with van der Waals surface area (Å²) in [6, 6.07) is 17.7. The lowest BCUT2D eigenvalue weighted by Gasteiger charge is -2.43. The van der Waals surface area contributed by atoms with Crippen LogP contribution in [0.5, 0.6) is 0 Å². The smallest absolute Gasteiger partial charge is 0.244 e. The van der Waals surface area contributed by atoms with Crippen LogP contribution in [0.1, 0.15) is 55.0 Å². The molecule has 2 N–H and O–H groups in total. The van der Waals surface area contributed by atoms with Crippen LogP contribution in [0.2, 0.25) is 0 Å². The number of hydrogen-bond acceptors (Lipinski definition) is 5. The number of anilines is 2. The van der Waals surface area contributed by atoms with Crippen LogP contribution in [0.3, 0.4) is 0 Å². The van der Waals surface area contributed by atoms with Crippen molar-refractivity contribution in [1.29, 1.82) is 0 Å². The molecular weight excluding hydrogens is 508 g/mol. The molecule has 3 aromatic rings. The highest BCUT2D eigenvalue weighted by molar-refractivity contribution is 7.98. The molecule has 0 unspecified atom stereocenters. The first-order chi connectivity index (χ1) is 18.7. The fourth-order valence-corrected chi connectivity index (χ4v) is 7.09. The molecular formula is C31H32N4O3S. The highest BCUT2D eigenvalue weighted by atomic mass is 32.2. The number of carbonyl (C=O) groups is 3. The monoisotopic (exact) mass is 540 g/mol. The van der Waals surface area contributed by atoms with Gasteiger partial charge in [0, 0.05) is 27.8 Å². The van der Waals surface area contributed by atoms with Crippen molar-refractivity contribution in [3.05, 3.63) is 83.0 Å². The number of aromatic nitrogens is 1. The molecule has 3 heterocycles. The van der Waals surface area contributed by atoms with Crippen LogP contribution >= 0.6 is 11.8 Å². The zero-order valence-corrected chi connectivity index (χ0v) is 23.2. The minimum absolute atomic E-state index is 0.000205. The van der Waals surface area contributed by atoms with Crippen molar-refractivity contribution in [3.63, 3.8) is 0 Å². The Morgan fingerprint density at radius 2 is 1.90 bits per heavy atom. The molecule has 1 saturated heterocycles. The highest BCUT2D eigenvalue weighted by Gasteiger charge is 2.51. The van der Waals surface area contributed by atoms with E-state index in [9.17, 15) is 14.4 Å².